The first-order chi connectivity index (χ1) is 12.3. The summed E-state index contributed by atoms with van der Waals surface area (Å²) in [5, 5.41) is 0. The van der Waals surface area contributed by atoms with Crippen LogP contribution in [0.3, 0.4) is 0 Å². The second-order valence-electron chi connectivity index (χ2n) is 8.44. The highest BCUT2D eigenvalue weighted by Gasteiger charge is 2.52. The Labute approximate surface area is 150 Å². The zero-order valence-electron chi connectivity index (χ0n) is 14.6. The number of para-hydroxylation sites is 2. The second kappa shape index (κ2) is 5.67. The van der Waals surface area contributed by atoms with Gasteiger partial charge in [0.1, 0.15) is 11.5 Å². The van der Waals surface area contributed by atoms with E-state index in [0.29, 0.717) is 5.41 Å². The minimum Gasteiger partial charge on any atom is -0.456 e. The summed E-state index contributed by atoms with van der Waals surface area (Å²) < 4.78 is 6.38. The highest BCUT2D eigenvalue weighted by atomic mass is 16.5. The van der Waals surface area contributed by atoms with E-state index in [1.54, 1.807) is 0 Å². The maximum atomic E-state index is 6.38. The van der Waals surface area contributed by atoms with Crippen molar-refractivity contribution in [2.24, 2.45) is 17.8 Å². The molecule has 1 nitrogen and oxygen atoms in total. The Kier molecular flexibility index (Phi) is 3.42. The Hall–Kier alpha value is -2.20. The third kappa shape index (κ3) is 2.47. The molecular formula is C24H24O. The van der Waals surface area contributed by atoms with E-state index in [1.165, 1.54) is 44.1 Å². The smallest absolute Gasteiger partial charge is 0.143 e. The van der Waals surface area contributed by atoms with Crippen molar-refractivity contribution in [1.82, 2.24) is 0 Å². The molecule has 2 aromatic rings. The molecule has 0 aromatic heterocycles. The first-order valence-corrected chi connectivity index (χ1v) is 9.59. The topological polar surface area (TPSA) is 9.23 Å². The van der Waals surface area contributed by atoms with Gasteiger partial charge >= 0.3 is 0 Å². The fourth-order valence-electron chi connectivity index (χ4n) is 6.23. The molecule has 0 heterocycles. The van der Waals surface area contributed by atoms with Gasteiger partial charge in [0.15, 0.2) is 0 Å². The Morgan fingerprint density at radius 3 is 2.00 bits per heavy atom. The van der Waals surface area contributed by atoms with Gasteiger partial charge in [-0.3, -0.25) is 0 Å². The summed E-state index contributed by atoms with van der Waals surface area (Å²) in [6, 6.07) is 16.6. The summed E-state index contributed by atoms with van der Waals surface area (Å²) in [6.45, 7) is 0. The highest BCUT2D eigenvalue weighted by Crippen LogP contribution is 2.62. The summed E-state index contributed by atoms with van der Waals surface area (Å²) in [5.74, 6) is 7.33. The van der Waals surface area contributed by atoms with Gasteiger partial charge in [0.25, 0.3) is 0 Å². The second-order valence-corrected chi connectivity index (χ2v) is 8.44. The van der Waals surface area contributed by atoms with Crippen molar-refractivity contribution in [3.63, 3.8) is 0 Å². The summed E-state index contributed by atoms with van der Waals surface area (Å²) in [4.78, 5) is 0. The molecule has 6 rings (SSSR count). The Morgan fingerprint density at radius 1 is 0.800 bits per heavy atom. The first kappa shape index (κ1) is 15.1. The van der Waals surface area contributed by atoms with Gasteiger partial charge in [-0.1, -0.05) is 36.3 Å². The molecule has 4 aliphatic carbocycles. The van der Waals surface area contributed by atoms with Crippen LogP contribution in [0.15, 0.2) is 48.5 Å². The zero-order chi connectivity index (χ0) is 16.9. The summed E-state index contributed by atoms with van der Waals surface area (Å²) in [6.07, 6.45) is 14.1. The van der Waals surface area contributed by atoms with Crippen molar-refractivity contribution in [1.29, 1.82) is 0 Å². The van der Waals surface area contributed by atoms with Crippen LogP contribution in [0.5, 0.6) is 11.5 Å². The SMILES string of the molecule is C#Cc1ccccc1Oc1ccccc1C12CC3CC(CC(C3)C1)C2. The molecular weight excluding hydrogens is 304 g/mol. The molecule has 4 bridgehead atoms. The van der Waals surface area contributed by atoms with E-state index in [1.807, 2.05) is 24.3 Å². The largest absolute Gasteiger partial charge is 0.456 e. The molecule has 0 radical (unpaired) electrons. The Bertz CT molecular complexity index is 806. The minimum atomic E-state index is 0.330. The monoisotopic (exact) mass is 328 g/mol. The van der Waals surface area contributed by atoms with E-state index in [9.17, 15) is 0 Å². The Morgan fingerprint density at radius 2 is 1.36 bits per heavy atom. The van der Waals surface area contributed by atoms with Gasteiger partial charge < -0.3 is 4.74 Å². The number of terminal acetylenes is 1. The van der Waals surface area contributed by atoms with Crippen molar-refractivity contribution in [2.45, 2.75) is 43.9 Å². The van der Waals surface area contributed by atoms with Gasteiger partial charge in [0.2, 0.25) is 0 Å². The molecule has 0 spiro atoms. The molecule has 25 heavy (non-hydrogen) atoms. The molecule has 2 aromatic carbocycles. The van der Waals surface area contributed by atoms with Crippen molar-refractivity contribution >= 4 is 0 Å². The molecule has 1 heteroatoms. The number of benzene rings is 2. The third-order valence-corrected chi connectivity index (χ3v) is 6.76. The molecule has 0 aliphatic heterocycles. The lowest BCUT2D eigenvalue weighted by Crippen LogP contribution is -2.48. The Balaban J connectivity index is 1.55. The summed E-state index contributed by atoms with van der Waals surface area (Å²) in [5.41, 5.74) is 2.57. The van der Waals surface area contributed by atoms with E-state index in [-0.39, 0.29) is 0 Å². The van der Waals surface area contributed by atoms with Crippen LogP contribution >= 0.6 is 0 Å². The number of hydrogen-bond acceptors (Lipinski definition) is 1. The average molecular weight is 328 g/mol. The fraction of sp³-hybridized carbons (Fsp3) is 0.417. The molecule has 126 valence electrons. The molecule has 4 saturated carbocycles. The van der Waals surface area contributed by atoms with Gasteiger partial charge in [0, 0.05) is 5.56 Å². The summed E-state index contributed by atoms with van der Waals surface area (Å²) in [7, 11) is 0. The molecule has 0 amide bonds. The van der Waals surface area contributed by atoms with E-state index in [2.05, 4.69) is 30.2 Å². The number of rotatable bonds is 3. The van der Waals surface area contributed by atoms with Crippen LogP contribution < -0.4 is 4.74 Å². The first-order valence-electron chi connectivity index (χ1n) is 9.59. The lowest BCUT2D eigenvalue weighted by atomic mass is 9.48. The molecule has 0 saturated heterocycles. The highest BCUT2D eigenvalue weighted by molar-refractivity contribution is 5.49. The van der Waals surface area contributed by atoms with Crippen LogP contribution in [0.4, 0.5) is 0 Å². The average Bonchev–Trinajstić information content (AvgIpc) is 2.61. The summed E-state index contributed by atoms with van der Waals surface area (Å²) >= 11 is 0. The zero-order valence-corrected chi connectivity index (χ0v) is 14.6. The van der Waals surface area contributed by atoms with E-state index in [0.717, 1.165) is 34.8 Å². The fourth-order valence-corrected chi connectivity index (χ4v) is 6.23. The normalized spacial score (nSPS) is 32.4. The van der Waals surface area contributed by atoms with Gasteiger partial charge in [-0.15, -0.1) is 6.42 Å². The van der Waals surface area contributed by atoms with Crippen molar-refractivity contribution in [3.8, 4) is 23.8 Å². The van der Waals surface area contributed by atoms with Gasteiger partial charge in [-0.2, -0.15) is 0 Å². The van der Waals surface area contributed by atoms with Crippen LogP contribution in [0.2, 0.25) is 0 Å². The number of hydrogen-bond donors (Lipinski definition) is 0. The van der Waals surface area contributed by atoms with E-state index >= 15 is 0 Å². The van der Waals surface area contributed by atoms with Crippen molar-refractivity contribution in [3.05, 3.63) is 59.7 Å². The van der Waals surface area contributed by atoms with Gasteiger partial charge in [-0.25, -0.2) is 0 Å². The van der Waals surface area contributed by atoms with Crippen LogP contribution in [0.1, 0.15) is 49.7 Å². The third-order valence-electron chi connectivity index (χ3n) is 6.76. The maximum absolute atomic E-state index is 6.38. The lowest BCUT2D eigenvalue weighted by molar-refractivity contribution is -0.00598. The predicted molar refractivity (Wildman–Crippen MR) is 101 cm³/mol. The predicted octanol–water partition coefficient (Wildman–Crippen LogP) is 5.93. The van der Waals surface area contributed by atoms with Crippen LogP contribution in [-0.2, 0) is 5.41 Å². The molecule has 0 atom stereocenters. The van der Waals surface area contributed by atoms with Crippen LogP contribution in [0.25, 0.3) is 0 Å². The van der Waals surface area contributed by atoms with E-state index < -0.39 is 0 Å². The van der Waals surface area contributed by atoms with Crippen molar-refractivity contribution < 1.29 is 4.74 Å². The molecule has 4 aliphatic rings. The van der Waals surface area contributed by atoms with E-state index in [4.69, 9.17) is 11.2 Å². The standard InChI is InChI=1S/C24H24O/c1-2-20-7-3-5-9-22(20)25-23-10-6-4-8-21(23)24-14-17-11-18(15-24)13-19(12-17)16-24/h1,3-10,17-19H,11-16H2. The maximum Gasteiger partial charge on any atom is 0.143 e. The van der Waals surface area contributed by atoms with Gasteiger partial charge in [-0.05, 0) is 79.9 Å². The molecule has 4 fully saturated rings. The lowest BCUT2D eigenvalue weighted by Gasteiger charge is -2.57. The molecule has 0 unspecified atom stereocenters. The molecule has 0 N–H and O–H groups in total. The van der Waals surface area contributed by atoms with Crippen molar-refractivity contribution in [2.75, 3.05) is 0 Å². The van der Waals surface area contributed by atoms with Crippen LogP contribution in [-0.4, -0.2) is 0 Å². The van der Waals surface area contributed by atoms with Gasteiger partial charge in [0.05, 0.1) is 5.56 Å². The minimum absolute atomic E-state index is 0.330. The van der Waals surface area contributed by atoms with Crippen LogP contribution in [0, 0.1) is 30.1 Å². The quantitative estimate of drug-likeness (QED) is 0.635. The number of ether oxygens (including phenoxy) is 1.